The van der Waals surface area contributed by atoms with Gasteiger partial charge in [0.2, 0.25) is 12.7 Å². The number of fused-ring (bicyclic) bond motifs is 2. The van der Waals surface area contributed by atoms with Gasteiger partial charge in [0.05, 0.1) is 6.04 Å². The number of carbonyl (C=O) groups is 2. The van der Waals surface area contributed by atoms with Crippen molar-refractivity contribution in [2.75, 3.05) is 26.9 Å². The Morgan fingerprint density at radius 3 is 2.88 bits per heavy atom. The molecule has 0 radical (unpaired) electrons. The molecule has 8 nitrogen and oxygen atoms in total. The fourth-order valence-corrected chi connectivity index (χ4v) is 5.05. The fraction of sp³-hybridized carbons (Fsp3) is 0.480. The fourth-order valence-electron chi connectivity index (χ4n) is 5.05. The summed E-state index contributed by atoms with van der Waals surface area (Å²) >= 11 is 0. The van der Waals surface area contributed by atoms with E-state index in [9.17, 15) is 9.59 Å². The van der Waals surface area contributed by atoms with Crippen molar-refractivity contribution in [2.24, 2.45) is 0 Å². The van der Waals surface area contributed by atoms with E-state index in [0.29, 0.717) is 36.7 Å². The summed E-state index contributed by atoms with van der Waals surface area (Å²) in [6, 6.07) is 5.18. The molecule has 3 aliphatic heterocycles. The van der Waals surface area contributed by atoms with Gasteiger partial charge in [-0.15, -0.1) is 0 Å². The lowest BCUT2D eigenvalue weighted by Crippen LogP contribution is -2.50. The molecule has 0 bridgehead atoms. The van der Waals surface area contributed by atoms with Crippen molar-refractivity contribution in [1.82, 2.24) is 20.1 Å². The van der Waals surface area contributed by atoms with E-state index < -0.39 is 0 Å². The minimum absolute atomic E-state index is 0.0147. The van der Waals surface area contributed by atoms with Crippen LogP contribution in [0.15, 0.2) is 24.4 Å². The molecule has 4 heterocycles. The predicted molar refractivity (Wildman–Crippen MR) is 122 cm³/mol. The Balaban J connectivity index is 1.28. The third kappa shape index (κ3) is 4.27. The first kappa shape index (κ1) is 21.7. The maximum Gasteiger partial charge on any atom is 0.251 e. The van der Waals surface area contributed by atoms with Gasteiger partial charge in [0.1, 0.15) is 0 Å². The number of likely N-dealkylation sites (N-methyl/N-ethyl adjacent to an activating group) is 1. The molecule has 1 N–H and O–H groups in total. The monoisotopic (exact) mass is 450 g/mol. The van der Waals surface area contributed by atoms with Gasteiger partial charge in [-0.3, -0.25) is 19.5 Å². The van der Waals surface area contributed by atoms with Crippen molar-refractivity contribution in [3.8, 4) is 11.5 Å². The van der Waals surface area contributed by atoms with Gasteiger partial charge in [-0.1, -0.05) is 6.42 Å². The molecule has 0 spiro atoms. The Bertz CT molecular complexity index is 1090. The lowest BCUT2D eigenvalue weighted by Gasteiger charge is -2.37. The average molecular weight is 451 g/mol. The van der Waals surface area contributed by atoms with E-state index in [4.69, 9.17) is 9.47 Å². The maximum atomic E-state index is 13.2. The Morgan fingerprint density at radius 1 is 1.18 bits per heavy atom. The lowest BCUT2D eigenvalue weighted by atomic mass is 9.93. The first-order valence-electron chi connectivity index (χ1n) is 11.6. The average Bonchev–Trinajstić information content (AvgIpc) is 3.31. The van der Waals surface area contributed by atoms with Crippen LogP contribution >= 0.6 is 0 Å². The van der Waals surface area contributed by atoms with E-state index in [2.05, 4.69) is 15.2 Å². The maximum absolute atomic E-state index is 13.2. The SMILES string of the molecule is Cc1ncc2c(c1CNC(=O)c1ccc3c(c1)OCO3)CCN(C(=O)C1CCCCN1C)C2. The van der Waals surface area contributed by atoms with Crippen LogP contribution in [0.25, 0.3) is 0 Å². The largest absolute Gasteiger partial charge is 0.454 e. The van der Waals surface area contributed by atoms with Gasteiger partial charge in [-0.2, -0.15) is 0 Å². The van der Waals surface area contributed by atoms with Crippen LogP contribution in [0.3, 0.4) is 0 Å². The van der Waals surface area contributed by atoms with Crippen LogP contribution in [-0.2, 0) is 24.3 Å². The van der Waals surface area contributed by atoms with Crippen LogP contribution in [0, 0.1) is 6.92 Å². The molecule has 0 saturated carbocycles. The van der Waals surface area contributed by atoms with Crippen LogP contribution in [0.5, 0.6) is 11.5 Å². The molecule has 1 saturated heterocycles. The standard InChI is InChI=1S/C25H30N4O4/c1-16-20(13-27-24(30)17-6-7-22-23(11-17)33-15-32-22)19-8-10-29(14-18(19)12-26-16)25(31)21-5-3-4-9-28(21)2/h6-7,11-12,21H,3-5,8-10,13-15H2,1-2H3,(H,27,30). The molecule has 1 atom stereocenters. The summed E-state index contributed by atoms with van der Waals surface area (Å²) in [6.45, 7) is 4.80. The Kier molecular flexibility index (Phi) is 5.93. The third-order valence-corrected chi connectivity index (χ3v) is 7.02. The highest BCUT2D eigenvalue weighted by molar-refractivity contribution is 5.95. The number of benzene rings is 1. The molecule has 174 valence electrons. The first-order chi connectivity index (χ1) is 16.0. The molecule has 5 rings (SSSR count). The molecule has 3 aliphatic rings. The predicted octanol–water partition coefficient (Wildman–Crippen LogP) is 2.42. The van der Waals surface area contributed by atoms with E-state index >= 15 is 0 Å². The van der Waals surface area contributed by atoms with Gasteiger partial charge in [0.15, 0.2) is 11.5 Å². The molecule has 0 aliphatic carbocycles. The molecular weight excluding hydrogens is 420 g/mol. The van der Waals surface area contributed by atoms with Crippen molar-refractivity contribution < 1.29 is 19.1 Å². The van der Waals surface area contributed by atoms with Crippen molar-refractivity contribution in [3.05, 3.63) is 52.3 Å². The number of amides is 2. The topological polar surface area (TPSA) is 84.0 Å². The molecular formula is C25H30N4O4. The first-order valence-corrected chi connectivity index (χ1v) is 11.6. The Morgan fingerprint density at radius 2 is 2.03 bits per heavy atom. The summed E-state index contributed by atoms with van der Waals surface area (Å²) in [5, 5.41) is 3.03. The van der Waals surface area contributed by atoms with Gasteiger partial charge in [0, 0.05) is 37.1 Å². The van der Waals surface area contributed by atoms with Crippen molar-refractivity contribution >= 4 is 11.8 Å². The van der Waals surface area contributed by atoms with Crippen molar-refractivity contribution in [1.29, 1.82) is 0 Å². The number of nitrogens with zero attached hydrogens (tertiary/aromatic N) is 3. The summed E-state index contributed by atoms with van der Waals surface area (Å²) in [7, 11) is 2.05. The van der Waals surface area contributed by atoms with Crippen LogP contribution in [0.4, 0.5) is 0 Å². The van der Waals surface area contributed by atoms with E-state index in [0.717, 1.165) is 49.0 Å². The molecule has 2 aromatic rings. The highest BCUT2D eigenvalue weighted by atomic mass is 16.7. The summed E-state index contributed by atoms with van der Waals surface area (Å²) in [6.07, 6.45) is 5.86. The minimum atomic E-state index is -0.168. The van der Waals surface area contributed by atoms with Crippen LogP contribution in [0.1, 0.15) is 52.0 Å². The van der Waals surface area contributed by atoms with Gasteiger partial charge in [-0.25, -0.2) is 0 Å². The number of carbonyl (C=O) groups excluding carboxylic acids is 2. The number of likely N-dealkylation sites (tertiary alicyclic amines) is 1. The number of hydrogen-bond donors (Lipinski definition) is 1. The molecule has 1 aromatic carbocycles. The normalized spacial score (nSPS) is 19.8. The van der Waals surface area contributed by atoms with E-state index in [1.165, 1.54) is 5.56 Å². The van der Waals surface area contributed by atoms with Crippen LogP contribution < -0.4 is 14.8 Å². The lowest BCUT2D eigenvalue weighted by molar-refractivity contribution is -0.138. The second-order valence-electron chi connectivity index (χ2n) is 9.08. The zero-order chi connectivity index (χ0) is 22.9. The smallest absolute Gasteiger partial charge is 0.251 e. The van der Waals surface area contributed by atoms with E-state index in [-0.39, 0.29) is 24.6 Å². The van der Waals surface area contributed by atoms with Crippen molar-refractivity contribution in [2.45, 2.75) is 51.7 Å². The molecule has 1 aromatic heterocycles. The minimum Gasteiger partial charge on any atom is -0.454 e. The summed E-state index contributed by atoms with van der Waals surface area (Å²) < 4.78 is 10.7. The van der Waals surface area contributed by atoms with Gasteiger partial charge < -0.3 is 19.7 Å². The van der Waals surface area contributed by atoms with Gasteiger partial charge in [0.25, 0.3) is 5.91 Å². The molecule has 33 heavy (non-hydrogen) atoms. The van der Waals surface area contributed by atoms with Gasteiger partial charge >= 0.3 is 0 Å². The number of piperidine rings is 1. The third-order valence-electron chi connectivity index (χ3n) is 7.02. The molecule has 8 heteroatoms. The number of nitrogens with one attached hydrogen (secondary N) is 1. The molecule has 2 amide bonds. The number of aryl methyl sites for hydroxylation is 1. The highest BCUT2D eigenvalue weighted by Crippen LogP contribution is 2.32. The quantitative estimate of drug-likeness (QED) is 0.770. The van der Waals surface area contributed by atoms with E-state index in [1.54, 1.807) is 18.2 Å². The summed E-state index contributed by atoms with van der Waals surface area (Å²) in [5.74, 6) is 1.30. The van der Waals surface area contributed by atoms with Gasteiger partial charge in [-0.05, 0) is 74.7 Å². The number of rotatable bonds is 4. The van der Waals surface area contributed by atoms with E-state index in [1.807, 2.05) is 25.1 Å². The highest BCUT2D eigenvalue weighted by Gasteiger charge is 2.32. The summed E-state index contributed by atoms with van der Waals surface area (Å²) in [4.78, 5) is 34.7. The number of pyridine rings is 1. The number of ether oxygens (including phenoxy) is 2. The second-order valence-corrected chi connectivity index (χ2v) is 9.08. The molecule has 1 fully saturated rings. The number of aromatic nitrogens is 1. The van der Waals surface area contributed by atoms with Crippen LogP contribution in [0.2, 0.25) is 0 Å². The molecule has 1 unspecified atom stereocenters. The van der Waals surface area contributed by atoms with Crippen molar-refractivity contribution in [3.63, 3.8) is 0 Å². The Hall–Kier alpha value is -3.13. The van der Waals surface area contributed by atoms with Crippen LogP contribution in [-0.4, -0.2) is 59.6 Å². The Labute approximate surface area is 193 Å². The zero-order valence-electron chi connectivity index (χ0n) is 19.2. The number of hydrogen-bond acceptors (Lipinski definition) is 6. The second kappa shape index (κ2) is 9.02. The summed E-state index contributed by atoms with van der Waals surface area (Å²) in [5.41, 5.74) is 4.76. The zero-order valence-corrected chi connectivity index (χ0v) is 19.2.